The van der Waals surface area contributed by atoms with Crippen molar-refractivity contribution in [2.24, 2.45) is 0 Å². The third-order valence-corrected chi connectivity index (χ3v) is 13.1. The first-order valence-corrected chi connectivity index (χ1v) is 31.5. The monoisotopic (exact) mass is 1150 g/mol. The normalized spacial score (nSPS) is 18.7. The van der Waals surface area contributed by atoms with Crippen molar-refractivity contribution in [1.29, 1.82) is 0 Å². The van der Waals surface area contributed by atoms with Gasteiger partial charge in [0.15, 0.2) is 24.6 Å². The van der Waals surface area contributed by atoms with Gasteiger partial charge in [-0.15, -0.1) is 0 Å². The summed E-state index contributed by atoms with van der Waals surface area (Å²) in [5.74, 6) is -3.37. The Hall–Kier alpha value is -5.66. The number of carboxylic acid groups (broad SMARTS) is 1. The van der Waals surface area contributed by atoms with Crippen LogP contribution in [-0.4, -0.2) is 89.2 Å². The molecule has 464 valence electrons. The topological polar surface area (TPSA) is 175 Å². The van der Waals surface area contributed by atoms with Gasteiger partial charge in [0.05, 0.1) is 13.0 Å². The van der Waals surface area contributed by atoms with E-state index in [2.05, 4.69) is 154 Å². The third-order valence-electron chi connectivity index (χ3n) is 13.1. The van der Waals surface area contributed by atoms with Crippen LogP contribution in [-0.2, 0) is 42.9 Å². The van der Waals surface area contributed by atoms with E-state index in [4.69, 9.17) is 23.7 Å². The minimum absolute atomic E-state index is 0.120. The van der Waals surface area contributed by atoms with Crippen LogP contribution in [0.25, 0.3) is 0 Å². The second-order valence-corrected chi connectivity index (χ2v) is 20.6. The fourth-order valence-electron chi connectivity index (χ4n) is 8.36. The summed E-state index contributed by atoms with van der Waals surface area (Å²) in [5.41, 5.74) is 0. The Morgan fingerprint density at radius 2 is 0.795 bits per heavy atom. The summed E-state index contributed by atoms with van der Waals surface area (Å²) in [7, 11) is 0. The maximum atomic E-state index is 13.2. The predicted octanol–water partition coefficient (Wildman–Crippen LogP) is 16.9. The number of hydrogen-bond acceptors (Lipinski definition) is 11. The van der Waals surface area contributed by atoms with Gasteiger partial charge < -0.3 is 39.0 Å². The molecule has 0 aromatic heterocycles. The van der Waals surface area contributed by atoms with E-state index in [9.17, 15) is 34.5 Å². The van der Waals surface area contributed by atoms with Gasteiger partial charge >= 0.3 is 23.9 Å². The third kappa shape index (κ3) is 46.4. The summed E-state index contributed by atoms with van der Waals surface area (Å²) in [5, 5.41) is 31.5. The van der Waals surface area contributed by atoms with E-state index < -0.39 is 67.3 Å². The number of allylic oxidation sites excluding steroid dienone is 25. The molecule has 1 aliphatic heterocycles. The molecule has 0 aromatic carbocycles. The second-order valence-electron chi connectivity index (χ2n) is 20.6. The van der Waals surface area contributed by atoms with Crippen LogP contribution in [0.3, 0.4) is 0 Å². The minimum Gasteiger partial charge on any atom is -0.479 e. The molecule has 83 heavy (non-hydrogen) atoms. The fourth-order valence-corrected chi connectivity index (χ4v) is 8.36. The molecule has 1 fully saturated rings. The summed E-state index contributed by atoms with van der Waals surface area (Å²) in [6.45, 7) is 5.65. The first-order valence-electron chi connectivity index (χ1n) is 31.5. The molecule has 0 aromatic rings. The fraction of sp³-hybridized carbons (Fsp3) is 0.577. The van der Waals surface area contributed by atoms with E-state index in [1.54, 1.807) is 12.2 Å². The van der Waals surface area contributed by atoms with E-state index in [-0.39, 0.29) is 25.9 Å². The molecule has 6 atom stereocenters. The number of carboxylic acids is 1. The van der Waals surface area contributed by atoms with Crippen molar-refractivity contribution in [1.82, 2.24) is 0 Å². The molecule has 1 saturated heterocycles. The molecule has 0 aliphatic carbocycles. The summed E-state index contributed by atoms with van der Waals surface area (Å²) < 4.78 is 28.3. The lowest BCUT2D eigenvalue weighted by Crippen LogP contribution is -2.61. The Morgan fingerprint density at radius 1 is 0.422 bits per heavy atom. The van der Waals surface area contributed by atoms with Gasteiger partial charge in [0.1, 0.15) is 18.8 Å². The zero-order valence-electron chi connectivity index (χ0n) is 51.1. The molecule has 0 saturated carbocycles. The number of aliphatic carboxylic acids is 1. The molecule has 0 radical (unpaired) electrons. The molecular weight excluding hydrogens is 1040 g/mol. The molecule has 1 rings (SSSR count). The van der Waals surface area contributed by atoms with Crippen LogP contribution in [0.15, 0.2) is 158 Å². The Morgan fingerprint density at radius 3 is 1.23 bits per heavy atom. The molecule has 12 nitrogen and oxygen atoms in total. The SMILES string of the molecule is CC/C=C\C/C=C\C/C=C\C/C=C\C/C=C\CCCCCC(=O)OCC(COC1OC(C(=O)O)C(O)C(O)C1OC(=O)C/C=C\C/C=C\C/C=C\C/C=C\C/C=C\CC)OC(=O)CCCCCCCC/C=C\C/C=C\C/C=C\CCCCC. The molecular formula is C71H108O12. The summed E-state index contributed by atoms with van der Waals surface area (Å²) >= 11 is 0. The molecule has 0 spiro atoms. The lowest BCUT2D eigenvalue weighted by molar-refractivity contribution is -0.301. The lowest BCUT2D eigenvalue weighted by atomic mass is 9.98. The number of aliphatic hydroxyl groups excluding tert-OH is 2. The second kappa shape index (κ2) is 56.8. The maximum absolute atomic E-state index is 13.2. The quantitative estimate of drug-likeness (QED) is 0.0228. The average molecular weight is 1150 g/mol. The van der Waals surface area contributed by atoms with Gasteiger partial charge in [-0.05, 0) is 128 Å². The van der Waals surface area contributed by atoms with E-state index in [1.165, 1.54) is 19.3 Å². The van der Waals surface area contributed by atoms with E-state index >= 15 is 0 Å². The number of carbonyl (C=O) groups is 4. The van der Waals surface area contributed by atoms with E-state index in [0.717, 1.165) is 135 Å². The number of ether oxygens (including phenoxy) is 5. The summed E-state index contributed by atoms with van der Waals surface area (Å²) in [6, 6.07) is 0. The Kier molecular flexibility index (Phi) is 51.6. The van der Waals surface area contributed by atoms with Crippen molar-refractivity contribution in [2.45, 2.75) is 250 Å². The van der Waals surface area contributed by atoms with Gasteiger partial charge in [-0.2, -0.15) is 0 Å². The first kappa shape index (κ1) is 75.4. The predicted molar refractivity (Wildman–Crippen MR) is 339 cm³/mol. The minimum atomic E-state index is -1.95. The first-order chi connectivity index (χ1) is 40.6. The molecule has 0 amide bonds. The van der Waals surface area contributed by atoms with Gasteiger partial charge in [0.25, 0.3) is 0 Å². The van der Waals surface area contributed by atoms with Crippen LogP contribution >= 0.6 is 0 Å². The van der Waals surface area contributed by atoms with Crippen LogP contribution in [0.4, 0.5) is 0 Å². The molecule has 1 aliphatic rings. The Labute approximate surface area is 501 Å². The highest BCUT2D eigenvalue weighted by Gasteiger charge is 2.50. The number of aliphatic hydroxyl groups is 2. The molecule has 6 unspecified atom stereocenters. The smallest absolute Gasteiger partial charge is 0.335 e. The van der Waals surface area contributed by atoms with Gasteiger partial charge in [-0.25, -0.2) is 4.79 Å². The lowest BCUT2D eigenvalue weighted by Gasteiger charge is -2.40. The zero-order chi connectivity index (χ0) is 60.3. The largest absolute Gasteiger partial charge is 0.479 e. The van der Waals surface area contributed by atoms with Gasteiger partial charge in [0, 0.05) is 12.8 Å². The highest BCUT2D eigenvalue weighted by atomic mass is 16.7. The van der Waals surface area contributed by atoms with Crippen molar-refractivity contribution >= 4 is 23.9 Å². The Bertz CT molecular complexity index is 2050. The number of unbranched alkanes of at least 4 members (excludes halogenated alkanes) is 12. The van der Waals surface area contributed by atoms with Crippen LogP contribution in [0, 0.1) is 0 Å². The maximum Gasteiger partial charge on any atom is 0.335 e. The number of carbonyl (C=O) groups excluding carboxylic acids is 3. The van der Waals surface area contributed by atoms with Crippen LogP contribution < -0.4 is 0 Å². The standard InChI is InChI=1S/C71H108O12/c1-4-7-10-13-16-19-22-25-28-30-32-34-37-39-42-45-48-51-54-57-63(72)79-60-62(81-64(73)58-55-52-49-46-43-41-38-35-33-31-29-26-23-20-17-14-11-8-5-2)61-80-71-69(67(76)66(75)68(83-71)70(77)78)82-65(74)59-56-53-50-47-44-40-36-27-24-21-18-15-12-9-6-3/h7,9-10,12,16-21,25-29,32-36,39,42,44,47,53,56,62,66-69,71,75-76H,4-6,8,11,13-15,22-24,30-31,37-38,40-41,43,45-46,48-52,54-55,57-61H2,1-3H3,(H,77,78)/b10-7-,12-9-,19-16-,20-17-,21-18-,28-25-,29-26-,34-32-,35-33-,36-27-,42-39-,47-44-,56-53-. The average Bonchev–Trinajstić information content (AvgIpc) is 3.58. The summed E-state index contributed by atoms with van der Waals surface area (Å²) in [6.07, 6.45) is 70.8. The van der Waals surface area contributed by atoms with Crippen molar-refractivity contribution in [3.63, 3.8) is 0 Å². The molecule has 3 N–H and O–H groups in total. The Balaban J connectivity index is 2.77. The molecule has 0 bridgehead atoms. The van der Waals surface area contributed by atoms with Crippen molar-refractivity contribution in [3.05, 3.63) is 158 Å². The molecule has 1 heterocycles. The van der Waals surface area contributed by atoms with Crippen molar-refractivity contribution < 1.29 is 58.2 Å². The van der Waals surface area contributed by atoms with Crippen LogP contribution in [0.1, 0.15) is 213 Å². The van der Waals surface area contributed by atoms with Gasteiger partial charge in [-0.3, -0.25) is 14.4 Å². The number of hydrogen-bond donors (Lipinski definition) is 3. The number of esters is 3. The zero-order valence-corrected chi connectivity index (χ0v) is 51.1. The molecule has 12 heteroatoms. The van der Waals surface area contributed by atoms with Crippen molar-refractivity contribution in [2.75, 3.05) is 13.2 Å². The van der Waals surface area contributed by atoms with E-state index in [0.29, 0.717) is 19.3 Å². The van der Waals surface area contributed by atoms with Crippen LogP contribution in [0.2, 0.25) is 0 Å². The summed E-state index contributed by atoms with van der Waals surface area (Å²) in [4.78, 5) is 51.2. The van der Waals surface area contributed by atoms with Crippen molar-refractivity contribution in [3.8, 4) is 0 Å². The van der Waals surface area contributed by atoms with E-state index in [1.807, 2.05) is 12.2 Å². The number of rotatable bonds is 51. The van der Waals surface area contributed by atoms with Crippen LogP contribution in [0.5, 0.6) is 0 Å². The van der Waals surface area contributed by atoms with Gasteiger partial charge in [-0.1, -0.05) is 224 Å². The van der Waals surface area contributed by atoms with Gasteiger partial charge in [0.2, 0.25) is 0 Å². The highest BCUT2D eigenvalue weighted by molar-refractivity contribution is 5.74. The highest BCUT2D eigenvalue weighted by Crippen LogP contribution is 2.26.